The third-order valence-electron chi connectivity index (χ3n) is 11.8. The van der Waals surface area contributed by atoms with Gasteiger partial charge in [0.05, 0.1) is 5.69 Å². The van der Waals surface area contributed by atoms with Gasteiger partial charge in [0, 0.05) is 17.3 Å². The van der Waals surface area contributed by atoms with Crippen molar-refractivity contribution in [2.24, 2.45) is 0 Å². The predicted molar refractivity (Wildman–Crippen MR) is 234 cm³/mol. The van der Waals surface area contributed by atoms with Gasteiger partial charge < -0.3 is 0 Å². The summed E-state index contributed by atoms with van der Waals surface area (Å²) >= 11 is 0. The molecule has 11 rings (SSSR count). The highest BCUT2D eigenvalue weighted by atomic mass is 14.7. The van der Waals surface area contributed by atoms with Crippen LogP contribution in [0.4, 0.5) is 0 Å². The van der Waals surface area contributed by atoms with E-state index >= 15 is 0 Å². The van der Waals surface area contributed by atoms with Crippen molar-refractivity contribution in [3.05, 3.63) is 198 Å². The lowest BCUT2D eigenvalue weighted by Gasteiger charge is -2.25. The van der Waals surface area contributed by atoms with E-state index in [1.807, 2.05) is 6.20 Å². The second-order valence-electron chi connectivity index (χ2n) is 15.2. The molecule has 1 aromatic heterocycles. The molecule has 0 unspecified atom stereocenters. The number of nitrogens with zero attached hydrogens (tertiary/aromatic N) is 1. The minimum absolute atomic E-state index is 0.962. The summed E-state index contributed by atoms with van der Waals surface area (Å²) in [7, 11) is 0. The number of hydrogen-bond donors (Lipinski definition) is 0. The molecule has 1 heterocycles. The highest BCUT2D eigenvalue weighted by molar-refractivity contribution is 6.24. The summed E-state index contributed by atoms with van der Waals surface area (Å²) in [5.41, 5.74) is 17.7. The maximum atomic E-state index is 4.95. The minimum atomic E-state index is 0.962. The van der Waals surface area contributed by atoms with E-state index in [0.717, 1.165) is 28.8 Å². The second kappa shape index (κ2) is 12.4. The van der Waals surface area contributed by atoms with Crippen LogP contribution >= 0.6 is 0 Å². The van der Waals surface area contributed by atoms with Crippen LogP contribution < -0.4 is 0 Å². The van der Waals surface area contributed by atoms with Crippen LogP contribution in [0.5, 0.6) is 0 Å². The SMILES string of the molecule is Cc1cc(C)c2c(c1)Cc1cccc3c(-c4c5ccccc5c(-c5cccc(-c6ccc(-c7ccc8ccccc8c7)nc6)c5)c5ccccc45)ccc-2c13. The lowest BCUT2D eigenvalue weighted by Crippen LogP contribution is -2.04. The molecule has 10 aromatic rings. The maximum Gasteiger partial charge on any atom is 0.0702 e. The number of aromatic nitrogens is 1. The zero-order chi connectivity index (χ0) is 36.6. The first-order chi connectivity index (χ1) is 27.1. The van der Waals surface area contributed by atoms with Gasteiger partial charge in [-0.3, -0.25) is 4.98 Å². The lowest BCUT2D eigenvalue weighted by atomic mass is 9.78. The molecule has 0 saturated carbocycles. The second-order valence-corrected chi connectivity index (χ2v) is 15.2. The third kappa shape index (κ3) is 5.04. The molecule has 1 aliphatic carbocycles. The summed E-state index contributed by atoms with van der Waals surface area (Å²) in [5.74, 6) is 0. The Morgan fingerprint density at radius 2 is 1.05 bits per heavy atom. The van der Waals surface area contributed by atoms with E-state index in [1.165, 1.54) is 98.7 Å². The van der Waals surface area contributed by atoms with Crippen molar-refractivity contribution in [2.75, 3.05) is 0 Å². The van der Waals surface area contributed by atoms with Gasteiger partial charge in [-0.2, -0.15) is 0 Å². The van der Waals surface area contributed by atoms with E-state index in [9.17, 15) is 0 Å². The Balaban J connectivity index is 1.07. The maximum absolute atomic E-state index is 4.95. The Kier molecular flexibility index (Phi) is 7.12. The van der Waals surface area contributed by atoms with Crippen molar-refractivity contribution in [3.8, 4) is 55.8 Å². The van der Waals surface area contributed by atoms with Gasteiger partial charge in [-0.1, -0.05) is 157 Å². The molecule has 1 heteroatoms. The number of fused-ring (bicyclic) bond motifs is 5. The lowest BCUT2D eigenvalue weighted by molar-refractivity contribution is 1.17. The van der Waals surface area contributed by atoms with E-state index in [-0.39, 0.29) is 0 Å². The Hall–Kier alpha value is -6.83. The fourth-order valence-corrected chi connectivity index (χ4v) is 9.51. The van der Waals surface area contributed by atoms with Crippen LogP contribution in [-0.2, 0) is 6.42 Å². The number of aryl methyl sites for hydroxylation is 2. The monoisotopic (exact) mass is 699 g/mol. The number of rotatable bonds is 4. The highest BCUT2D eigenvalue weighted by Crippen LogP contribution is 2.49. The van der Waals surface area contributed by atoms with E-state index < -0.39 is 0 Å². The van der Waals surface area contributed by atoms with Crippen LogP contribution in [0.2, 0.25) is 0 Å². The smallest absolute Gasteiger partial charge is 0.0702 e. The van der Waals surface area contributed by atoms with Gasteiger partial charge in [-0.25, -0.2) is 0 Å². The molecule has 0 saturated heterocycles. The summed E-state index contributed by atoms with van der Waals surface area (Å²) in [6, 6.07) is 62.8. The van der Waals surface area contributed by atoms with Crippen molar-refractivity contribution in [3.63, 3.8) is 0 Å². The Labute approximate surface area is 321 Å². The van der Waals surface area contributed by atoms with Gasteiger partial charge >= 0.3 is 0 Å². The summed E-state index contributed by atoms with van der Waals surface area (Å²) < 4.78 is 0. The first-order valence-corrected chi connectivity index (χ1v) is 19.2. The molecule has 0 atom stereocenters. The van der Waals surface area contributed by atoms with Gasteiger partial charge in [0.1, 0.15) is 0 Å². The highest BCUT2D eigenvalue weighted by Gasteiger charge is 2.24. The first-order valence-electron chi connectivity index (χ1n) is 19.2. The fourth-order valence-electron chi connectivity index (χ4n) is 9.51. The van der Waals surface area contributed by atoms with Crippen LogP contribution in [0.1, 0.15) is 22.3 Å². The number of benzene rings is 9. The van der Waals surface area contributed by atoms with E-state index in [4.69, 9.17) is 4.98 Å². The molecule has 55 heavy (non-hydrogen) atoms. The van der Waals surface area contributed by atoms with Gasteiger partial charge in [0.25, 0.3) is 0 Å². The quantitative estimate of drug-likeness (QED) is 0.167. The molecule has 0 spiro atoms. The van der Waals surface area contributed by atoms with Crippen molar-refractivity contribution in [1.29, 1.82) is 0 Å². The molecule has 9 aromatic carbocycles. The molecule has 1 nitrogen and oxygen atoms in total. The van der Waals surface area contributed by atoms with E-state index in [0.29, 0.717) is 0 Å². The van der Waals surface area contributed by atoms with Gasteiger partial charge in [-0.05, 0) is 137 Å². The first kappa shape index (κ1) is 31.7. The Morgan fingerprint density at radius 1 is 0.400 bits per heavy atom. The molecule has 0 N–H and O–H groups in total. The standard InChI is InChI=1S/C54H37N/c1-33-27-34(2)51-42(28-33)31-40-15-10-20-45-48(24-25-49(51)53(40)45)54-46-18-7-5-16-43(46)52(44-17-6-8-19-47(44)54)39-14-9-13-37(30-39)41-23-26-50(55-32-41)38-22-21-35-11-3-4-12-36(35)29-38/h3-30,32H,31H2,1-2H3. The molecular formula is C54H37N. The molecule has 0 bridgehead atoms. The molecule has 0 fully saturated rings. The number of hydrogen-bond acceptors (Lipinski definition) is 1. The predicted octanol–water partition coefficient (Wildman–Crippen LogP) is 14.6. The minimum Gasteiger partial charge on any atom is -0.256 e. The third-order valence-corrected chi connectivity index (χ3v) is 11.8. The summed E-state index contributed by atoms with van der Waals surface area (Å²) in [6.07, 6.45) is 2.98. The van der Waals surface area contributed by atoms with Crippen molar-refractivity contribution < 1.29 is 0 Å². The van der Waals surface area contributed by atoms with Crippen molar-refractivity contribution in [2.45, 2.75) is 20.3 Å². The average Bonchev–Trinajstić information content (AvgIpc) is 3.23. The Morgan fingerprint density at radius 3 is 1.82 bits per heavy atom. The van der Waals surface area contributed by atoms with Crippen molar-refractivity contribution in [1.82, 2.24) is 4.98 Å². The van der Waals surface area contributed by atoms with Crippen LogP contribution in [0.15, 0.2) is 176 Å². The largest absolute Gasteiger partial charge is 0.256 e. The molecule has 258 valence electrons. The van der Waals surface area contributed by atoms with Gasteiger partial charge in [0.2, 0.25) is 0 Å². The van der Waals surface area contributed by atoms with Crippen LogP contribution in [0.3, 0.4) is 0 Å². The van der Waals surface area contributed by atoms with Crippen LogP contribution in [-0.4, -0.2) is 4.98 Å². The fraction of sp³-hybridized carbons (Fsp3) is 0.0556. The zero-order valence-electron chi connectivity index (χ0n) is 30.9. The molecule has 1 aliphatic rings. The summed E-state index contributed by atoms with van der Waals surface area (Å²) in [5, 5.41) is 10.2. The Bertz CT molecular complexity index is 3130. The van der Waals surface area contributed by atoms with E-state index in [2.05, 4.69) is 184 Å². The molecular weight excluding hydrogens is 663 g/mol. The molecule has 0 aliphatic heterocycles. The molecule has 0 amide bonds. The average molecular weight is 700 g/mol. The van der Waals surface area contributed by atoms with Crippen LogP contribution in [0, 0.1) is 13.8 Å². The molecule has 0 radical (unpaired) electrons. The van der Waals surface area contributed by atoms with Gasteiger partial charge in [0.15, 0.2) is 0 Å². The van der Waals surface area contributed by atoms with Gasteiger partial charge in [-0.15, -0.1) is 0 Å². The number of pyridine rings is 1. The summed E-state index contributed by atoms with van der Waals surface area (Å²) in [4.78, 5) is 4.95. The normalized spacial score (nSPS) is 12.1. The topological polar surface area (TPSA) is 12.9 Å². The van der Waals surface area contributed by atoms with Crippen molar-refractivity contribution >= 4 is 43.1 Å². The van der Waals surface area contributed by atoms with E-state index in [1.54, 1.807) is 0 Å². The zero-order valence-corrected chi connectivity index (χ0v) is 30.9. The van der Waals surface area contributed by atoms with Crippen LogP contribution in [0.25, 0.3) is 98.9 Å². The summed E-state index contributed by atoms with van der Waals surface area (Å²) in [6.45, 7) is 4.48.